The second-order valence-electron chi connectivity index (χ2n) is 6.63. The summed E-state index contributed by atoms with van der Waals surface area (Å²) in [5, 5.41) is 10.1. The minimum Gasteiger partial charge on any atom is -0.497 e. The van der Waals surface area contributed by atoms with Crippen molar-refractivity contribution < 1.29 is 9.53 Å². The molecule has 0 aliphatic heterocycles. The number of aromatic nitrogens is 3. The lowest BCUT2D eigenvalue weighted by Crippen LogP contribution is -2.30. The lowest BCUT2D eigenvalue weighted by Gasteiger charge is -2.18. The predicted molar refractivity (Wildman–Crippen MR) is 110 cm³/mol. The van der Waals surface area contributed by atoms with Crippen molar-refractivity contribution in [1.82, 2.24) is 20.5 Å². The maximum atomic E-state index is 12.5. The second-order valence-corrected chi connectivity index (χ2v) is 6.63. The Hall–Kier alpha value is -3.87. The summed E-state index contributed by atoms with van der Waals surface area (Å²) in [6.07, 6.45) is 1.98. The topological polar surface area (TPSA) is 99.9 Å². The first kappa shape index (κ1) is 18.5. The van der Waals surface area contributed by atoms with E-state index in [-0.39, 0.29) is 23.1 Å². The number of methoxy groups -OCH3 is 1. The molecule has 7 nitrogen and oxygen atoms in total. The van der Waals surface area contributed by atoms with Gasteiger partial charge in [0, 0.05) is 35.6 Å². The number of nitrogens with one attached hydrogen (secondary N) is 3. The Morgan fingerprint density at radius 2 is 1.90 bits per heavy atom. The van der Waals surface area contributed by atoms with Gasteiger partial charge in [0.05, 0.1) is 7.11 Å². The molecule has 0 saturated carbocycles. The van der Waals surface area contributed by atoms with E-state index in [0.717, 1.165) is 27.8 Å². The highest BCUT2D eigenvalue weighted by molar-refractivity contribution is 5.92. The number of nitrogens with zero attached hydrogens (tertiary/aromatic N) is 1. The summed E-state index contributed by atoms with van der Waals surface area (Å²) >= 11 is 0. The first-order valence-corrected chi connectivity index (χ1v) is 9.19. The van der Waals surface area contributed by atoms with E-state index >= 15 is 0 Å². The molecule has 0 aliphatic rings. The zero-order valence-electron chi connectivity index (χ0n) is 15.8. The molecular weight excluding hydrogens is 368 g/mol. The summed E-state index contributed by atoms with van der Waals surface area (Å²) in [6, 6.07) is 18.5. The monoisotopic (exact) mass is 388 g/mol. The smallest absolute Gasteiger partial charge is 0.271 e. The van der Waals surface area contributed by atoms with Crippen LogP contribution in [-0.2, 0) is 0 Å². The average Bonchev–Trinajstić information content (AvgIpc) is 3.19. The number of benzene rings is 2. The van der Waals surface area contributed by atoms with Crippen molar-refractivity contribution in [3.8, 4) is 5.75 Å². The molecule has 2 heterocycles. The van der Waals surface area contributed by atoms with Crippen molar-refractivity contribution in [3.05, 3.63) is 94.0 Å². The third kappa shape index (κ3) is 3.89. The molecule has 0 bridgehead atoms. The van der Waals surface area contributed by atoms with E-state index in [1.54, 1.807) is 7.11 Å². The first-order valence-electron chi connectivity index (χ1n) is 9.19. The van der Waals surface area contributed by atoms with E-state index in [1.165, 1.54) is 12.1 Å². The highest BCUT2D eigenvalue weighted by Gasteiger charge is 2.20. The molecule has 1 unspecified atom stereocenters. The Morgan fingerprint density at radius 1 is 1.10 bits per heavy atom. The van der Waals surface area contributed by atoms with Gasteiger partial charge in [-0.05, 0) is 35.4 Å². The number of carbonyl (C=O) groups is 1. The van der Waals surface area contributed by atoms with Crippen molar-refractivity contribution in [1.29, 1.82) is 0 Å². The fraction of sp³-hybridized carbons (Fsp3) is 0.136. The number of H-pyrrole nitrogens is 2. The molecule has 4 aromatic rings. The molecule has 29 heavy (non-hydrogen) atoms. The number of para-hydroxylation sites is 1. The van der Waals surface area contributed by atoms with Crippen LogP contribution in [0.1, 0.15) is 27.5 Å². The van der Waals surface area contributed by atoms with Crippen LogP contribution in [0.3, 0.4) is 0 Å². The van der Waals surface area contributed by atoms with Gasteiger partial charge in [0.1, 0.15) is 11.4 Å². The fourth-order valence-corrected chi connectivity index (χ4v) is 3.38. The largest absolute Gasteiger partial charge is 0.497 e. The van der Waals surface area contributed by atoms with E-state index < -0.39 is 0 Å². The lowest BCUT2D eigenvalue weighted by atomic mass is 9.90. The zero-order chi connectivity index (χ0) is 20.2. The molecule has 146 valence electrons. The minimum absolute atomic E-state index is 0.0798. The van der Waals surface area contributed by atoms with Gasteiger partial charge in [0.25, 0.3) is 11.5 Å². The number of hydrogen-bond acceptors (Lipinski definition) is 4. The molecule has 0 radical (unpaired) electrons. The Bertz CT molecular complexity index is 1170. The van der Waals surface area contributed by atoms with Gasteiger partial charge in [0.15, 0.2) is 0 Å². The number of rotatable bonds is 6. The lowest BCUT2D eigenvalue weighted by molar-refractivity contribution is 0.0946. The molecule has 1 atom stereocenters. The molecule has 1 amide bonds. The third-order valence-electron chi connectivity index (χ3n) is 4.89. The van der Waals surface area contributed by atoms with Gasteiger partial charge in [-0.2, -0.15) is 5.10 Å². The fourth-order valence-electron chi connectivity index (χ4n) is 3.38. The summed E-state index contributed by atoms with van der Waals surface area (Å²) in [7, 11) is 1.63. The van der Waals surface area contributed by atoms with Crippen LogP contribution < -0.4 is 15.6 Å². The van der Waals surface area contributed by atoms with Gasteiger partial charge in [-0.15, -0.1) is 0 Å². The molecule has 4 rings (SSSR count). The highest BCUT2D eigenvalue weighted by Crippen LogP contribution is 2.31. The molecule has 0 aliphatic carbocycles. The van der Waals surface area contributed by atoms with Crippen LogP contribution >= 0.6 is 0 Å². The zero-order valence-corrected chi connectivity index (χ0v) is 15.8. The predicted octanol–water partition coefficient (Wildman–Crippen LogP) is 2.82. The van der Waals surface area contributed by atoms with Gasteiger partial charge in [-0.25, -0.2) is 5.10 Å². The Morgan fingerprint density at radius 3 is 2.62 bits per heavy atom. The van der Waals surface area contributed by atoms with Crippen LogP contribution in [0.25, 0.3) is 10.9 Å². The Labute approximate surface area is 166 Å². The highest BCUT2D eigenvalue weighted by atomic mass is 16.5. The average molecular weight is 388 g/mol. The minimum atomic E-state index is -0.351. The van der Waals surface area contributed by atoms with Crippen molar-refractivity contribution in [2.24, 2.45) is 0 Å². The number of aromatic amines is 2. The quantitative estimate of drug-likeness (QED) is 0.473. The maximum absolute atomic E-state index is 12.5. The van der Waals surface area contributed by atoms with Crippen LogP contribution in [0.5, 0.6) is 5.75 Å². The van der Waals surface area contributed by atoms with Crippen molar-refractivity contribution in [2.45, 2.75) is 5.92 Å². The van der Waals surface area contributed by atoms with Crippen LogP contribution in [0, 0.1) is 0 Å². The molecular formula is C22H20N4O3. The summed E-state index contributed by atoms with van der Waals surface area (Å²) in [5.41, 5.74) is 2.98. The SMILES string of the molecule is COc1ccc(C(CNC(=O)c2ccc(=O)[nH]n2)c2c[nH]c3ccccc23)cc1. The number of hydrogen-bond donors (Lipinski definition) is 3. The molecule has 2 aromatic carbocycles. The summed E-state index contributed by atoms with van der Waals surface area (Å²) in [5.74, 6) is 0.344. The molecule has 3 N–H and O–H groups in total. The number of amides is 1. The van der Waals surface area contributed by atoms with Gasteiger partial charge in [-0.3, -0.25) is 9.59 Å². The normalized spacial score (nSPS) is 11.9. The molecule has 2 aromatic heterocycles. The molecule has 0 spiro atoms. The van der Waals surface area contributed by atoms with E-state index in [2.05, 4.69) is 26.6 Å². The standard InChI is InChI=1S/C22H20N4O3/c1-29-15-8-6-14(7-9-15)17(18-13-23-19-5-3-2-4-16(18)19)12-24-22(28)20-10-11-21(27)26-25-20/h2-11,13,17,23H,12H2,1H3,(H,24,28)(H,26,27). The summed E-state index contributed by atoms with van der Waals surface area (Å²) in [4.78, 5) is 27.0. The van der Waals surface area contributed by atoms with Gasteiger partial charge in [0.2, 0.25) is 0 Å². The second kappa shape index (κ2) is 8.02. The third-order valence-corrected chi connectivity index (χ3v) is 4.89. The van der Waals surface area contributed by atoms with Crippen LogP contribution in [-0.4, -0.2) is 34.7 Å². The van der Waals surface area contributed by atoms with Crippen molar-refractivity contribution >= 4 is 16.8 Å². The van der Waals surface area contributed by atoms with Gasteiger partial charge in [-0.1, -0.05) is 30.3 Å². The number of ether oxygens (including phenoxy) is 1. The van der Waals surface area contributed by atoms with Gasteiger partial charge >= 0.3 is 0 Å². The Kier molecular flexibility index (Phi) is 5.11. The van der Waals surface area contributed by atoms with Crippen molar-refractivity contribution in [2.75, 3.05) is 13.7 Å². The summed E-state index contributed by atoms with van der Waals surface area (Å²) in [6.45, 7) is 0.369. The molecule has 0 saturated heterocycles. The van der Waals surface area contributed by atoms with E-state index in [9.17, 15) is 9.59 Å². The van der Waals surface area contributed by atoms with E-state index in [4.69, 9.17) is 4.74 Å². The van der Waals surface area contributed by atoms with Crippen LogP contribution in [0.15, 0.2) is 71.7 Å². The van der Waals surface area contributed by atoms with Gasteiger partial charge < -0.3 is 15.0 Å². The first-order chi connectivity index (χ1) is 14.2. The Balaban J connectivity index is 1.65. The van der Waals surface area contributed by atoms with E-state index in [1.807, 2.05) is 48.7 Å². The van der Waals surface area contributed by atoms with Crippen LogP contribution in [0.2, 0.25) is 0 Å². The van der Waals surface area contributed by atoms with Crippen LogP contribution in [0.4, 0.5) is 0 Å². The number of carbonyl (C=O) groups excluding carboxylic acids is 1. The number of fused-ring (bicyclic) bond motifs is 1. The summed E-state index contributed by atoms with van der Waals surface area (Å²) < 4.78 is 5.26. The van der Waals surface area contributed by atoms with E-state index in [0.29, 0.717) is 6.54 Å². The molecule has 0 fully saturated rings. The molecule has 7 heteroatoms. The van der Waals surface area contributed by atoms with Crippen molar-refractivity contribution in [3.63, 3.8) is 0 Å². The maximum Gasteiger partial charge on any atom is 0.271 e.